The summed E-state index contributed by atoms with van der Waals surface area (Å²) in [6, 6.07) is 3.85. The second kappa shape index (κ2) is 4.45. The van der Waals surface area contributed by atoms with Crippen LogP contribution in [0.3, 0.4) is 0 Å². The Hall–Kier alpha value is -2.21. The number of hydrogen-bond acceptors (Lipinski definition) is 4. The Morgan fingerprint density at radius 1 is 1.08 bits per heavy atom. The van der Waals surface area contributed by atoms with Gasteiger partial charge in [0.2, 0.25) is 11.8 Å². The summed E-state index contributed by atoms with van der Waals surface area (Å²) in [6.07, 6.45) is 5.26. The molecule has 2 bridgehead atoms. The zero-order valence-corrected chi connectivity index (χ0v) is 13.2. The van der Waals surface area contributed by atoms with Crippen LogP contribution in [-0.2, 0) is 9.59 Å². The van der Waals surface area contributed by atoms with Gasteiger partial charge in [-0.2, -0.15) is 0 Å². The van der Waals surface area contributed by atoms with Crippen LogP contribution in [0.4, 0.5) is 11.4 Å². The number of imide groups is 1. The Morgan fingerprint density at radius 3 is 2.21 bits per heavy atom. The van der Waals surface area contributed by atoms with Gasteiger partial charge in [0.1, 0.15) is 0 Å². The first-order valence-corrected chi connectivity index (χ1v) is 8.37. The second-order valence-corrected chi connectivity index (χ2v) is 7.47. The van der Waals surface area contributed by atoms with Crippen molar-refractivity contribution in [2.24, 2.45) is 35.5 Å². The molecule has 4 aliphatic carbocycles. The second-order valence-electron chi connectivity index (χ2n) is 7.06. The zero-order chi connectivity index (χ0) is 16.7. The summed E-state index contributed by atoms with van der Waals surface area (Å²) in [5.74, 6) is 0.0391. The summed E-state index contributed by atoms with van der Waals surface area (Å²) in [4.78, 5) is 37.5. The topological polar surface area (TPSA) is 80.5 Å². The van der Waals surface area contributed by atoms with Crippen LogP contribution in [0, 0.1) is 45.6 Å². The molecule has 0 radical (unpaired) electrons. The quantitative estimate of drug-likeness (QED) is 0.357. The van der Waals surface area contributed by atoms with Crippen LogP contribution in [0.15, 0.2) is 30.4 Å². The number of nitro benzene ring substituents is 1. The van der Waals surface area contributed by atoms with E-state index in [4.69, 9.17) is 11.6 Å². The minimum absolute atomic E-state index is 0.115. The Bertz CT molecular complexity index is 815. The van der Waals surface area contributed by atoms with E-state index in [0.717, 1.165) is 11.3 Å². The molecule has 0 spiro atoms. The van der Waals surface area contributed by atoms with E-state index < -0.39 is 4.92 Å². The highest BCUT2D eigenvalue weighted by Gasteiger charge is 2.67. The monoisotopic (exact) mass is 344 g/mol. The molecule has 1 aliphatic heterocycles. The summed E-state index contributed by atoms with van der Waals surface area (Å²) < 4.78 is 0. The maximum Gasteiger partial charge on any atom is 0.271 e. The third-order valence-corrected chi connectivity index (χ3v) is 6.36. The van der Waals surface area contributed by atoms with Crippen LogP contribution in [0.5, 0.6) is 0 Å². The maximum atomic E-state index is 13.0. The summed E-state index contributed by atoms with van der Waals surface area (Å²) >= 11 is 6.15. The van der Waals surface area contributed by atoms with E-state index in [0.29, 0.717) is 11.8 Å². The van der Waals surface area contributed by atoms with Gasteiger partial charge in [0.05, 0.1) is 27.5 Å². The maximum absolute atomic E-state index is 13.0. The van der Waals surface area contributed by atoms with Crippen molar-refractivity contribution in [1.82, 2.24) is 0 Å². The predicted octanol–water partition coefficient (Wildman–Crippen LogP) is 2.81. The molecule has 6 atom stereocenters. The largest absolute Gasteiger partial charge is 0.274 e. The van der Waals surface area contributed by atoms with E-state index in [9.17, 15) is 19.7 Å². The lowest BCUT2D eigenvalue weighted by Gasteiger charge is -2.37. The van der Waals surface area contributed by atoms with Gasteiger partial charge in [0, 0.05) is 12.1 Å². The van der Waals surface area contributed by atoms with Crippen molar-refractivity contribution in [3.63, 3.8) is 0 Å². The number of hydrogen-bond donors (Lipinski definition) is 0. The highest BCUT2D eigenvalue weighted by Crippen LogP contribution is 2.65. The molecular weight excluding hydrogens is 332 g/mol. The number of carbonyl (C=O) groups excluding carboxylic acids is 2. The Labute approximate surface area is 142 Å². The Morgan fingerprint density at radius 2 is 1.67 bits per heavy atom. The van der Waals surface area contributed by atoms with Crippen molar-refractivity contribution in [3.8, 4) is 0 Å². The molecule has 1 aromatic carbocycles. The fourth-order valence-electron chi connectivity index (χ4n) is 4.98. The van der Waals surface area contributed by atoms with E-state index >= 15 is 0 Å². The van der Waals surface area contributed by atoms with Gasteiger partial charge in [0.25, 0.3) is 5.69 Å². The van der Waals surface area contributed by atoms with E-state index in [-0.39, 0.29) is 51.9 Å². The minimum atomic E-state index is -0.557. The molecule has 0 unspecified atom stereocenters. The average molecular weight is 345 g/mol. The van der Waals surface area contributed by atoms with Crippen LogP contribution in [0.25, 0.3) is 0 Å². The highest BCUT2D eigenvalue weighted by atomic mass is 35.5. The lowest BCUT2D eigenvalue weighted by molar-refractivity contribution is -0.384. The molecule has 0 aromatic heterocycles. The molecule has 1 heterocycles. The predicted molar refractivity (Wildman–Crippen MR) is 85.3 cm³/mol. The van der Waals surface area contributed by atoms with E-state index in [1.807, 2.05) is 0 Å². The Balaban J connectivity index is 1.60. The number of nitro groups is 1. The fourth-order valence-corrected chi connectivity index (χ4v) is 5.18. The molecule has 122 valence electrons. The lowest BCUT2D eigenvalue weighted by atomic mass is 9.63. The smallest absolute Gasteiger partial charge is 0.271 e. The molecule has 6 rings (SSSR count). The number of non-ortho nitro benzene ring substituents is 1. The summed E-state index contributed by atoms with van der Waals surface area (Å²) in [5, 5.41) is 11.2. The van der Waals surface area contributed by atoms with Gasteiger partial charge < -0.3 is 0 Å². The van der Waals surface area contributed by atoms with E-state index in [1.165, 1.54) is 18.2 Å². The van der Waals surface area contributed by atoms with Gasteiger partial charge in [-0.05, 0) is 36.2 Å². The molecular formula is C17H13ClN2O4. The first-order valence-electron chi connectivity index (χ1n) is 7.99. The molecule has 1 aromatic rings. The number of rotatable bonds is 2. The van der Waals surface area contributed by atoms with Crippen LogP contribution < -0.4 is 4.90 Å². The molecule has 5 aliphatic rings. The van der Waals surface area contributed by atoms with Crippen LogP contribution in [0.2, 0.25) is 5.02 Å². The third-order valence-electron chi connectivity index (χ3n) is 6.04. The number of amides is 2. The zero-order valence-electron chi connectivity index (χ0n) is 12.5. The molecule has 2 saturated carbocycles. The average Bonchev–Trinajstić information content (AvgIpc) is 3.33. The molecule has 24 heavy (non-hydrogen) atoms. The van der Waals surface area contributed by atoms with Crippen molar-refractivity contribution in [2.75, 3.05) is 4.90 Å². The molecule has 2 amide bonds. The molecule has 3 fully saturated rings. The number of carbonyl (C=O) groups is 2. The first-order chi connectivity index (χ1) is 11.5. The molecule has 7 heteroatoms. The van der Waals surface area contributed by atoms with Crippen molar-refractivity contribution >= 4 is 34.8 Å². The summed E-state index contributed by atoms with van der Waals surface area (Å²) in [6.45, 7) is 0. The van der Waals surface area contributed by atoms with Crippen molar-refractivity contribution in [2.45, 2.75) is 6.42 Å². The highest BCUT2D eigenvalue weighted by molar-refractivity contribution is 6.36. The fraction of sp³-hybridized carbons (Fsp3) is 0.412. The van der Waals surface area contributed by atoms with E-state index in [2.05, 4.69) is 12.2 Å². The Kier molecular flexibility index (Phi) is 2.62. The SMILES string of the molecule is O=C1[C@@H]2[C@@H]3C=C[C@H]([C@H]4C[C@H]34)[C@@H]2C(=O)N1c1cc([N+](=O)[O-])ccc1Cl. The van der Waals surface area contributed by atoms with Gasteiger partial charge >= 0.3 is 0 Å². The van der Waals surface area contributed by atoms with Gasteiger partial charge in [-0.1, -0.05) is 23.8 Å². The van der Waals surface area contributed by atoms with Gasteiger partial charge in [0.15, 0.2) is 0 Å². The van der Waals surface area contributed by atoms with Crippen molar-refractivity contribution < 1.29 is 14.5 Å². The molecule has 1 saturated heterocycles. The third kappa shape index (κ3) is 1.61. The normalized spacial score (nSPS) is 38.3. The number of halogens is 1. The van der Waals surface area contributed by atoms with Crippen molar-refractivity contribution in [3.05, 3.63) is 45.5 Å². The summed E-state index contributed by atoms with van der Waals surface area (Å²) in [5.41, 5.74) is -0.0582. The van der Waals surface area contributed by atoms with Crippen LogP contribution in [0.1, 0.15) is 6.42 Å². The minimum Gasteiger partial charge on any atom is -0.274 e. The summed E-state index contributed by atoms with van der Waals surface area (Å²) in [7, 11) is 0. The van der Waals surface area contributed by atoms with E-state index in [1.54, 1.807) is 0 Å². The van der Waals surface area contributed by atoms with Gasteiger partial charge in [-0.15, -0.1) is 0 Å². The lowest BCUT2D eigenvalue weighted by Crippen LogP contribution is -2.40. The number of nitrogens with zero attached hydrogens (tertiary/aromatic N) is 2. The van der Waals surface area contributed by atoms with Crippen LogP contribution in [-0.4, -0.2) is 16.7 Å². The van der Waals surface area contributed by atoms with Crippen molar-refractivity contribution in [1.29, 1.82) is 0 Å². The number of allylic oxidation sites excluding steroid dienone is 2. The standard InChI is InChI=1S/C17H13ClN2O4/c18-12-4-1-7(20(23)24)5-13(12)19-16(21)14-8-2-3-9(11-6-10(8)11)15(14)17(19)22/h1-5,8-11,14-15H,6H2/t8-,9-,10-,11-,14-,15+/m1/s1. The first kappa shape index (κ1) is 14.2. The van der Waals surface area contributed by atoms with Gasteiger partial charge in [-0.3, -0.25) is 19.7 Å². The number of anilines is 1. The van der Waals surface area contributed by atoms with Crippen LogP contribution >= 0.6 is 11.6 Å². The molecule has 6 nitrogen and oxygen atoms in total. The number of benzene rings is 1. The van der Waals surface area contributed by atoms with Gasteiger partial charge in [-0.25, -0.2) is 4.90 Å². The molecule has 0 N–H and O–H groups in total.